The highest BCUT2D eigenvalue weighted by Gasteiger charge is 2.27. The molecule has 4 rings (SSSR count). The first kappa shape index (κ1) is 17.3. The maximum atomic E-state index is 13.1. The number of aromatic amines is 1. The number of likely N-dealkylation sites (tertiary alicyclic amines) is 1. The van der Waals surface area contributed by atoms with Crippen LogP contribution in [0.15, 0.2) is 53.0 Å². The second-order valence-electron chi connectivity index (χ2n) is 6.90. The molecule has 0 unspecified atom stereocenters. The minimum atomic E-state index is -0.149. The van der Waals surface area contributed by atoms with Crippen LogP contribution < -0.4 is 10.3 Å². The van der Waals surface area contributed by atoms with Crippen molar-refractivity contribution in [3.63, 3.8) is 0 Å². The highest BCUT2D eigenvalue weighted by molar-refractivity contribution is 6.01. The van der Waals surface area contributed by atoms with Crippen LogP contribution in [0.4, 0.5) is 0 Å². The van der Waals surface area contributed by atoms with Crippen LogP contribution in [0.3, 0.4) is 0 Å². The van der Waals surface area contributed by atoms with Crippen molar-refractivity contribution in [2.45, 2.75) is 25.7 Å². The van der Waals surface area contributed by atoms with Gasteiger partial charge in [0, 0.05) is 36.2 Å². The molecule has 1 aromatic heterocycles. The average molecular weight is 363 g/mol. The molecule has 1 atom stereocenters. The third-order valence-electron chi connectivity index (χ3n) is 4.93. The van der Waals surface area contributed by atoms with Crippen molar-refractivity contribution in [2.24, 2.45) is 0 Å². The Hall–Kier alpha value is -3.15. The number of amides is 1. The standard InChI is InChI=1S/C21H21N3O3/c1-14-22-18(12-20(25)23-14)17-6-4-9-24(13-17)21(26)16-8-10-27-19-7-3-2-5-15(19)11-16/h2-3,5,7-8,10-12,17H,4,6,9,13H2,1H3,(H,22,23,25)/t17-/m0/s1. The summed E-state index contributed by atoms with van der Waals surface area (Å²) in [5.41, 5.74) is 2.08. The van der Waals surface area contributed by atoms with Crippen molar-refractivity contribution in [1.29, 1.82) is 0 Å². The van der Waals surface area contributed by atoms with Crippen LogP contribution in [-0.2, 0) is 4.79 Å². The van der Waals surface area contributed by atoms with Gasteiger partial charge in [0.1, 0.15) is 11.6 Å². The number of hydrogen-bond donors (Lipinski definition) is 1. The maximum absolute atomic E-state index is 13.1. The van der Waals surface area contributed by atoms with E-state index in [9.17, 15) is 9.59 Å². The third-order valence-corrected chi connectivity index (χ3v) is 4.93. The molecule has 0 bridgehead atoms. The molecular formula is C21H21N3O3. The molecule has 1 aromatic carbocycles. The lowest BCUT2D eigenvalue weighted by molar-refractivity contribution is -0.127. The number of ether oxygens (including phenoxy) is 1. The van der Waals surface area contributed by atoms with E-state index >= 15 is 0 Å². The number of piperidine rings is 1. The number of carbonyl (C=O) groups excluding carboxylic acids is 1. The number of carbonyl (C=O) groups is 1. The number of nitrogens with zero attached hydrogens (tertiary/aromatic N) is 2. The Morgan fingerprint density at radius 3 is 3.04 bits per heavy atom. The van der Waals surface area contributed by atoms with E-state index in [0.29, 0.717) is 24.5 Å². The molecule has 1 N–H and O–H groups in total. The molecular weight excluding hydrogens is 342 g/mol. The van der Waals surface area contributed by atoms with Crippen LogP contribution in [0, 0.1) is 6.92 Å². The molecule has 1 amide bonds. The zero-order valence-electron chi connectivity index (χ0n) is 15.1. The number of aryl methyl sites for hydroxylation is 1. The van der Waals surface area contributed by atoms with Gasteiger partial charge in [-0.1, -0.05) is 18.2 Å². The second-order valence-corrected chi connectivity index (χ2v) is 6.90. The predicted molar refractivity (Wildman–Crippen MR) is 102 cm³/mol. The molecule has 0 spiro atoms. The fourth-order valence-corrected chi connectivity index (χ4v) is 3.63. The number of aromatic nitrogens is 2. The van der Waals surface area contributed by atoms with Gasteiger partial charge in [0.2, 0.25) is 0 Å². The van der Waals surface area contributed by atoms with Crippen LogP contribution in [-0.4, -0.2) is 33.9 Å². The topological polar surface area (TPSA) is 75.3 Å². The normalized spacial score (nSPS) is 18.9. The zero-order valence-corrected chi connectivity index (χ0v) is 15.1. The Morgan fingerprint density at radius 1 is 1.33 bits per heavy atom. The van der Waals surface area contributed by atoms with Crippen LogP contribution >= 0.6 is 0 Å². The first-order valence-corrected chi connectivity index (χ1v) is 9.11. The Bertz CT molecular complexity index is 990. The highest BCUT2D eigenvalue weighted by Crippen LogP contribution is 2.28. The molecule has 1 saturated heterocycles. The molecule has 138 valence electrons. The summed E-state index contributed by atoms with van der Waals surface area (Å²) in [6.45, 7) is 3.03. The highest BCUT2D eigenvalue weighted by atomic mass is 16.5. The van der Waals surface area contributed by atoms with E-state index in [1.807, 2.05) is 35.2 Å². The summed E-state index contributed by atoms with van der Waals surface area (Å²) in [6.07, 6.45) is 6.93. The molecule has 2 aromatic rings. The summed E-state index contributed by atoms with van der Waals surface area (Å²) in [5.74, 6) is 1.38. The molecule has 0 radical (unpaired) electrons. The number of hydrogen-bond acceptors (Lipinski definition) is 4. The summed E-state index contributed by atoms with van der Waals surface area (Å²) in [5, 5.41) is 0. The lowest BCUT2D eigenvalue weighted by atomic mass is 9.94. The van der Waals surface area contributed by atoms with Crippen LogP contribution in [0.2, 0.25) is 0 Å². The van der Waals surface area contributed by atoms with E-state index in [0.717, 1.165) is 29.8 Å². The number of para-hydroxylation sites is 1. The number of fused-ring (bicyclic) bond motifs is 1. The average Bonchev–Trinajstić information content (AvgIpc) is 2.89. The van der Waals surface area contributed by atoms with E-state index in [-0.39, 0.29) is 17.4 Å². The molecule has 0 saturated carbocycles. The second kappa shape index (κ2) is 7.23. The maximum Gasteiger partial charge on any atom is 0.254 e. The molecule has 2 aliphatic heterocycles. The summed E-state index contributed by atoms with van der Waals surface area (Å²) < 4.78 is 5.58. The Balaban J connectivity index is 1.57. The van der Waals surface area contributed by atoms with Gasteiger partial charge in [-0.15, -0.1) is 0 Å². The van der Waals surface area contributed by atoms with Gasteiger partial charge >= 0.3 is 0 Å². The largest absolute Gasteiger partial charge is 0.464 e. The first-order valence-electron chi connectivity index (χ1n) is 9.11. The Labute approximate surface area is 157 Å². The van der Waals surface area contributed by atoms with Gasteiger partial charge in [-0.05, 0) is 38.0 Å². The lowest BCUT2D eigenvalue weighted by Crippen LogP contribution is -2.40. The van der Waals surface area contributed by atoms with Crippen LogP contribution in [0.5, 0.6) is 5.75 Å². The molecule has 3 heterocycles. The molecule has 6 heteroatoms. The summed E-state index contributed by atoms with van der Waals surface area (Å²) in [6, 6.07) is 9.17. The Morgan fingerprint density at radius 2 is 2.19 bits per heavy atom. The van der Waals surface area contributed by atoms with E-state index in [4.69, 9.17) is 4.74 Å². The number of H-pyrrole nitrogens is 1. The first-order chi connectivity index (χ1) is 13.1. The number of rotatable bonds is 2. The van der Waals surface area contributed by atoms with Gasteiger partial charge in [-0.3, -0.25) is 9.59 Å². The van der Waals surface area contributed by atoms with Gasteiger partial charge in [-0.2, -0.15) is 0 Å². The number of benzene rings is 1. The van der Waals surface area contributed by atoms with Crippen molar-refractivity contribution in [1.82, 2.24) is 14.9 Å². The quantitative estimate of drug-likeness (QED) is 0.890. The smallest absolute Gasteiger partial charge is 0.254 e. The molecule has 1 fully saturated rings. The monoisotopic (exact) mass is 363 g/mol. The summed E-state index contributed by atoms with van der Waals surface area (Å²) in [4.78, 5) is 33.8. The molecule has 27 heavy (non-hydrogen) atoms. The van der Waals surface area contributed by atoms with E-state index in [1.165, 1.54) is 0 Å². The molecule has 6 nitrogen and oxygen atoms in total. The van der Waals surface area contributed by atoms with Gasteiger partial charge in [0.25, 0.3) is 11.5 Å². The SMILES string of the molecule is Cc1nc([C@H]2CCCN(C(=O)C3=Cc4ccccc4OC=C3)C2)cc(=O)[nH]1. The van der Waals surface area contributed by atoms with Gasteiger partial charge < -0.3 is 14.6 Å². The van der Waals surface area contributed by atoms with E-state index in [2.05, 4.69) is 9.97 Å². The summed E-state index contributed by atoms with van der Waals surface area (Å²) in [7, 11) is 0. The van der Waals surface area contributed by atoms with Crippen molar-refractivity contribution in [2.75, 3.05) is 13.1 Å². The van der Waals surface area contributed by atoms with Gasteiger partial charge in [0.05, 0.1) is 12.0 Å². The predicted octanol–water partition coefficient (Wildman–Crippen LogP) is 2.77. The number of nitrogens with one attached hydrogen (secondary N) is 1. The van der Waals surface area contributed by atoms with E-state index in [1.54, 1.807) is 25.3 Å². The third kappa shape index (κ3) is 3.69. The van der Waals surface area contributed by atoms with E-state index < -0.39 is 0 Å². The fraction of sp³-hybridized carbons (Fsp3) is 0.286. The lowest BCUT2D eigenvalue weighted by Gasteiger charge is -2.32. The minimum Gasteiger partial charge on any atom is -0.464 e. The summed E-state index contributed by atoms with van der Waals surface area (Å²) >= 11 is 0. The molecule has 2 aliphatic rings. The van der Waals surface area contributed by atoms with Gasteiger partial charge in [-0.25, -0.2) is 4.98 Å². The minimum absolute atomic E-state index is 0.0298. The van der Waals surface area contributed by atoms with Gasteiger partial charge in [0.15, 0.2) is 0 Å². The van der Waals surface area contributed by atoms with Crippen LogP contribution in [0.25, 0.3) is 6.08 Å². The zero-order chi connectivity index (χ0) is 18.8. The molecule has 0 aliphatic carbocycles. The van der Waals surface area contributed by atoms with Crippen molar-refractivity contribution in [3.05, 3.63) is 75.7 Å². The van der Waals surface area contributed by atoms with Crippen molar-refractivity contribution >= 4 is 12.0 Å². The fourth-order valence-electron chi connectivity index (χ4n) is 3.63. The van der Waals surface area contributed by atoms with Crippen molar-refractivity contribution < 1.29 is 9.53 Å². The van der Waals surface area contributed by atoms with Crippen LogP contribution in [0.1, 0.15) is 35.8 Å². The Kier molecular flexibility index (Phi) is 4.62. The van der Waals surface area contributed by atoms with Crippen molar-refractivity contribution in [3.8, 4) is 5.75 Å².